The lowest BCUT2D eigenvalue weighted by atomic mass is 9.89. The van der Waals surface area contributed by atoms with Crippen molar-refractivity contribution in [1.29, 1.82) is 0 Å². The number of nitrogen functional groups attached to an aromatic ring is 1. The van der Waals surface area contributed by atoms with Gasteiger partial charge < -0.3 is 15.4 Å². The first-order chi connectivity index (χ1) is 11.1. The van der Waals surface area contributed by atoms with E-state index in [1.165, 1.54) is 22.5 Å². The highest BCUT2D eigenvalue weighted by molar-refractivity contribution is 5.74. The summed E-state index contributed by atoms with van der Waals surface area (Å²) in [4.78, 5) is 7.30. The lowest BCUT2D eigenvalue weighted by Gasteiger charge is -2.43. The number of pyridine rings is 1. The number of nitrogens with two attached hydrogens (primary N) is 1. The van der Waals surface area contributed by atoms with Crippen molar-refractivity contribution in [1.82, 2.24) is 4.98 Å². The average Bonchev–Trinajstić information content (AvgIpc) is 2.57. The molecule has 1 saturated heterocycles. The maximum atomic E-state index is 5.98. The number of benzene rings is 1. The van der Waals surface area contributed by atoms with Gasteiger partial charge in [0, 0.05) is 29.9 Å². The molecule has 2 atom stereocenters. The lowest BCUT2D eigenvalue weighted by molar-refractivity contribution is 0.0870. The van der Waals surface area contributed by atoms with Gasteiger partial charge in [-0.2, -0.15) is 0 Å². The minimum atomic E-state index is 0.476. The predicted molar refractivity (Wildman–Crippen MR) is 93.8 cm³/mol. The summed E-state index contributed by atoms with van der Waals surface area (Å²) in [5.41, 5.74) is 12.8. The molecule has 1 aromatic heterocycles. The number of rotatable bonds is 1. The van der Waals surface area contributed by atoms with Crippen LogP contribution in [0.5, 0.6) is 0 Å². The maximum absolute atomic E-state index is 5.98. The normalized spacial score (nSPS) is 23.3. The zero-order valence-electron chi connectivity index (χ0n) is 13.7. The van der Waals surface area contributed by atoms with Crippen LogP contribution in [-0.2, 0) is 4.74 Å². The van der Waals surface area contributed by atoms with Crippen LogP contribution in [-0.4, -0.2) is 30.8 Å². The van der Waals surface area contributed by atoms with Gasteiger partial charge in [-0.1, -0.05) is 13.0 Å². The van der Waals surface area contributed by atoms with E-state index in [4.69, 9.17) is 15.5 Å². The summed E-state index contributed by atoms with van der Waals surface area (Å²) < 4.78 is 5.67. The van der Waals surface area contributed by atoms with E-state index in [-0.39, 0.29) is 0 Å². The Morgan fingerprint density at radius 2 is 2.17 bits per heavy atom. The Morgan fingerprint density at radius 1 is 1.30 bits per heavy atom. The van der Waals surface area contributed by atoms with Crippen LogP contribution in [0.4, 0.5) is 11.4 Å². The fraction of sp³-hybridized carbons (Fsp3) is 0.421. The maximum Gasteiger partial charge on any atom is 0.0671 e. The molecule has 0 amide bonds. The molecular formula is C19H23N3O. The highest BCUT2D eigenvalue weighted by Crippen LogP contribution is 2.40. The van der Waals surface area contributed by atoms with Crippen LogP contribution in [0.1, 0.15) is 30.5 Å². The second-order valence-corrected chi connectivity index (χ2v) is 6.76. The van der Waals surface area contributed by atoms with Gasteiger partial charge in [0.2, 0.25) is 0 Å². The molecule has 120 valence electrons. The molecule has 0 bridgehead atoms. The summed E-state index contributed by atoms with van der Waals surface area (Å²) >= 11 is 0. The fourth-order valence-electron chi connectivity index (χ4n) is 3.86. The van der Waals surface area contributed by atoms with Gasteiger partial charge in [-0.25, -0.2) is 0 Å². The van der Waals surface area contributed by atoms with E-state index in [2.05, 4.69) is 30.9 Å². The first-order valence-corrected chi connectivity index (χ1v) is 8.34. The molecule has 0 spiro atoms. The molecule has 3 heterocycles. The van der Waals surface area contributed by atoms with E-state index < -0.39 is 0 Å². The van der Waals surface area contributed by atoms with Crippen molar-refractivity contribution in [2.24, 2.45) is 0 Å². The summed E-state index contributed by atoms with van der Waals surface area (Å²) in [6, 6.07) is 8.83. The first kappa shape index (κ1) is 14.5. The van der Waals surface area contributed by atoms with Crippen LogP contribution >= 0.6 is 0 Å². The molecule has 0 radical (unpaired) electrons. The zero-order valence-corrected chi connectivity index (χ0v) is 13.7. The predicted octanol–water partition coefficient (Wildman–Crippen LogP) is 3.35. The Labute approximate surface area is 137 Å². The van der Waals surface area contributed by atoms with Crippen LogP contribution in [0.3, 0.4) is 0 Å². The van der Waals surface area contributed by atoms with E-state index in [0.717, 1.165) is 37.4 Å². The van der Waals surface area contributed by atoms with Crippen molar-refractivity contribution < 1.29 is 4.74 Å². The molecular weight excluding hydrogens is 286 g/mol. The quantitative estimate of drug-likeness (QED) is 0.821. The molecule has 4 nitrogen and oxygen atoms in total. The molecule has 2 unspecified atom stereocenters. The number of fused-ring (bicyclic) bond motifs is 3. The molecule has 1 aromatic carbocycles. The van der Waals surface area contributed by atoms with Crippen molar-refractivity contribution >= 4 is 11.4 Å². The van der Waals surface area contributed by atoms with Crippen LogP contribution in [0.25, 0.3) is 11.1 Å². The standard InChI is InChI=1S/C19H23N3O/c1-12-3-4-15(20)9-17(12)14-8-18-19(21-10-14)13(2)7-16-11-23-6-5-22(16)18/h3-4,8-10,13,16H,5-7,11,20H2,1-2H3. The van der Waals surface area contributed by atoms with Crippen molar-refractivity contribution in [3.8, 4) is 11.1 Å². The summed E-state index contributed by atoms with van der Waals surface area (Å²) in [5.74, 6) is 0.476. The number of hydrogen-bond donors (Lipinski definition) is 1. The lowest BCUT2D eigenvalue weighted by Crippen LogP contribution is -2.49. The molecule has 4 heteroatoms. The minimum Gasteiger partial charge on any atom is -0.399 e. The van der Waals surface area contributed by atoms with Crippen molar-refractivity contribution in [3.63, 3.8) is 0 Å². The highest BCUT2D eigenvalue weighted by Gasteiger charge is 2.33. The summed E-state index contributed by atoms with van der Waals surface area (Å²) in [5, 5.41) is 0. The minimum absolute atomic E-state index is 0.476. The molecule has 23 heavy (non-hydrogen) atoms. The van der Waals surface area contributed by atoms with Crippen molar-refractivity contribution in [3.05, 3.63) is 41.7 Å². The molecule has 2 aliphatic rings. The van der Waals surface area contributed by atoms with Crippen molar-refractivity contribution in [2.75, 3.05) is 30.4 Å². The highest BCUT2D eigenvalue weighted by atomic mass is 16.5. The van der Waals surface area contributed by atoms with Crippen LogP contribution in [0.15, 0.2) is 30.5 Å². The third-order valence-corrected chi connectivity index (χ3v) is 5.10. The molecule has 1 fully saturated rings. The van der Waals surface area contributed by atoms with Crippen molar-refractivity contribution in [2.45, 2.75) is 32.2 Å². The van der Waals surface area contributed by atoms with Gasteiger partial charge in [0.15, 0.2) is 0 Å². The monoisotopic (exact) mass is 309 g/mol. The topological polar surface area (TPSA) is 51.4 Å². The van der Waals surface area contributed by atoms with Crippen LogP contribution < -0.4 is 10.6 Å². The van der Waals surface area contributed by atoms with Gasteiger partial charge >= 0.3 is 0 Å². The van der Waals surface area contributed by atoms with Gasteiger partial charge in [-0.15, -0.1) is 0 Å². The SMILES string of the molecule is Cc1ccc(N)cc1-c1cnc2c(c1)N1CCOCC1CC2C. The van der Waals surface area contributed by atoms with Gasteiger partial charge in [-0.05, 0) is 42.7 Å². The van der Waals surface area contributed by atoms with E-state index in [1.54, 1.807) is 0 Å². The Bertz CT molecular complexity index is 743. The van der Waals surface area contributed by atoms with E-state index >= 15 is 0 Å². The molecule has 2 aliphatic heterocycles. The number of hydrogen-bond acceptors (Lipinski definition) is 4. The molecule has 4 rings (SSSR count). The number of aryl methyl sites for hydroxylation is 1. The van der Waals surface area contributed by atoms with Gasteiger partial charge in [-0.3, -0.25) is 4.98 Å². The van der Waals surface area contributed by atoms with Crippen LogP contribution in [0.2, 0.25) is 0 Å². The molecule has 2 aromatic rings. The van der Waals surface area contributed by atoms with Gasteiger partial charge in [0.25, 0.3) is 0 Å². The number of aromatic nitrogens is 1. The first-order valence-electron chi connectivity index (χ1n) is 8.34. The third kappa shape index (κ3) is 2.47. The Kier molecular flexibility index (Phi) is 3.49. The Balaban J connectivity index is 1.82. The average molecular weight is 309 g/mol. The molecule has 0 aliphatic carbocycles. The van der Waals surface area contributed by atoms with Crippen LogP contribution in [0, 0.1) is 6.92 Å². The van der Waals surface area contributed by atoms with Gasteiger partial charge in [0.05, 0.1) is 30.6 Å². The smallest absolute Gasteiger partial charge is 0.0671 e. The number of morpholine rings is 1. The summed E-state index contributed by atoms with van der Waals surface area (Å²) in [6.07, 6.45) is 3.12. The van der Waals surface area contributed by atoms with E-state index in [0.29, 0.717) is 12.0 Å². The van der Waals surface area contributed by atoms with Gasteiger partial charge in [0.1, 0.15) is 0 Å². The largest absolute Gasteiger partial charge is 0.399 e. The molecule has 0 saturated carbocycles. The Morgan fingerprint density at radius 3 is 3.04 bits per heavy atom. The number of nitrogens with zero attached hydrogens (tertiary/aromatic N) is 2. The molecule has 2 N–H and O–H groups in total. The third-order valence-electron chi connectivity index (χ3n) is 5.10. The fourth-order valence-corrected chi connectivity index (χ4v) is 3.86. The summed E-state index contributed by atoms with van der Waals surface area (Å²) in [7, 11) is 0. The Hall–Kier alpha value is -2.07. The summed E-state index contributed by atoms with van der Waals surface area (Å²) in [6.45, 7) is 6.96. The zero-order chi connectivity index (χ0) is 16.0. The van der Waals surface area contributed by atoms with E-state index in [9.17, 15) is 0 Å². The van der Waals surface area contributed by atoms with E-state index in [1.807, 2.05) is 18.3 Å². The second kappa shape index (κ2) is 5.53. The number of anilines is 2. The second-order valence-electron chi connectivity index (χ2n) is 6.76. The number of ether oxygens (including phenoxy) is 1.